The number of rotatable bonds is 5. The summed E-state index contributed by atoms with van der Waals surface area (Å²) in [6, 6.07) is 0. The van der Waals surface area contributed by atoms with Crippen LogP contribution in [0.3, 0.4) is 0 Å². The van der Waals surface area contributed by atoms with Gasteiger partial charge >= 0.3 is 5.97 Å². The van der Waals surface area contributed by atoms with E-state index in [0.29, 0.717) is 5.71 Å². The van der Waals surface area contributed by atoms with Gasteiger partial charge in [-0.3, -0.25) is 9.59 Å². The molecule has 0 amide bonds. The predicted molar refractivity (Wildman–Crippen MR) is 49.8 cm³/mol. The summed E-state index contributed by atoms with van der Waals surface area (Å²) in [5.74, 6) is -0.954. The zero-order valence-electron chi connectivity index (χ0n) is 8.49. The molecular formula is C9H13NO4. The van der Waals surface area contributed by atoms with Gasteiger partial charge in [0.1, 0.15) is 11.6 Å². The van der Waals surface area contributed by atoms with Crippen LogP contribution in [0.15, 0.2) is 5.16 Å². The number of nitrogens with zero attached hydrogens (tertiary/aromatic N) is 1. The predicted octanol–water partition coefficient (Wildman–Crippen LogP) is 0.864. The Morgan fingerprint density at radius 2 is 1.64 bits per heavy atom. The van der Waals surface area contributed by atoms with Crippen molar-refractivity contribution < 1.29 is 19.2 Å². The molecule has 0 unspecified atom stereocenters. The van der Waals surface area contributed by atoms with Crippen LogP contribution >= 0.6 is 0 Å². The lowest BCUT2D eigenvalue weighted by atomic mass is 10.1. The van der Waals surface area contributed by atoms with Crippen molar-refractivity contribution in [3.63, 3.8) is 0 Å². The van der Waals surface area contributed by atoms with Gasteiger partial charge in [-0.25, -0.2) is 4.79 Å². The number of ketones is 2. The standard InChI is InChI=1S/C9H13NO4/c1-6(10-14-8(3)12)4-9(13)5-7(2)11/h4-5H2,1-3H3. The van der Waals surface area contributed by atoms with Gasteiger partial charge in [-0.2, -0.15) is 0 Å². The molecule has 5 heteroatoms. The van der Waals surface area contributed by atoms with Crippen LogP contribution < -0.4 is 0 Å². The molecular weight excluding hydrogens is 186 g/mol. The molecule has 0 aliphatic heterocycles. The monoisotopic (exact) mass is 199 g/mol. The lowest BCUT2D eigenvalue weighted by Gasteiger charge is -1.97. The molecule has 0 fully saturated rings. The minimum Gasteiger partial charge on any atom is -0.319 e. The van der Waals surface area contributed by atoms with E-state index in [9.17, 15) is 14.4 Å². The van der Waals surface area contributed by atoms with Crippen molar-refractivity contribution in [2.45, 2.75) is 33.6 Å². The van der Waals surface area contributed by atoms with Gasteiger partial charge in [-0.15, -0.1) is 0 Å². The van der Waals surface area contributed by atoms with Crippen LogP contribution in [0.2, 0.25) is 0 Å². The quantitative estimate of drug-likeness (QED) is 0.285. The maximum atomic E-state index is 11.1. The van der Waals surface area contributed by atoms with Crippen LogP contribution in [0, 0.1) is 0 Å². The van der Waals surface area contributed by atoms with E-state index in [4.69, 9.17) is 0 Å². The number of hydrogen-bond acceptors (Lipinski definition) is 5. The molecule has 0 aliphatic carbocycles. The van der Waals surface area contributed by atoms with Crippen LogP contribution in [0.25, 0.3) is 0 Å². The van der Waals surface area contributed by atoms with Gasteiger partial charge in [0.05, 0.1) is 12.1 Å². The van der Waals surface area contributed by atoms with E-state index in [1.165, 1.54) is 13.8 Å². The third-order valence-corrected chi connectivity index (χ3v) is 1.23. The first kappa shape index (κ1) is 12.5. The number of carbonyl (C=O) groups is 3. The largest absolute Gasteiger partial charge is 0.331 e. The summed E-state index contributed by atoms with van der Waals surface area (Å²) in [5, 5.41) is 3.41. The SMILES string of the molecule is CC(=O)CC(=O)CC(C)=NOC(C)=O. The smallest absolute Gasteiger partial charge is 0.319 e. The van der Waals surface area contributed by atoms with Gasteiger partial charge in [-0.1, -0.05) is 5.16 Å². The summed E-state index contributed by atoms with van der Waals surface area (Å²) in [6.07, 6.45) is -0.0697. The van der Waals surface area contributed by atoms with E-state index in [-0.39, 0.29) is 24.4 Å². The van der Waals surface area contributed by atoms with Gasteiger partial charge < -0.3 is 4.84 Å². The molecule has 0 rings (SSSR count). The molecule has 78 valence electrons. The summed E-state index contributed by atoms with van der Waals surface area (Å²) < 4.78 is 0. The van der Waals surface area contributed by atoms with Crippen molar-refractivity contribution in [2.75, 3.05) is 0 Å². The first-order chi connectivity index (χ1) is 6.41. The molecule has 0 aromatic heterocycles. The van der Waals surface area contributed by atoms with Gasteiger partial charge in [0.25, 0.3) is 0 Å². The molecule has 0 spiro atoms. The van der Waals surface area contributed by atoms with Crippen molar-refractivity contribution in [3.8, 4) is 0 Å². The topological polar surface area (TPSA) is 72.8 Å². The fraction of sp³-hybridized carbons (Fsp3) is 0.556. The third kappa shape index (κ3) is 7.15. The Morgan fingerprint density at radius 3 is 2.07 bits per heavy atom. The molecule has 0 saturated heterocycles. The zero-order chi connectivity index (χ0) is 11.1. The van der Waals surface area contributed by atoms with Crippen LogP contribution in [-0.4, -0.2) is 23.2 Å². The van der Waals surface area contributed by atoms with Crippen LogP contribution in [0.5, 0.6) is 0 Å². The molecule has 0 N–H and O–H groups in total. The Morgan fingerprint density at radius 1 is 1.07 bits per heavy atom. The zero-order valence-corrected chi connectivity index (χ0v) is 8.49. The minimum absolute atomic E-state index is 0.0346. The van der Waals surface area contributed by atoms with Gasteiger partial charge in [-0.05, 0) is 13.8 Å². The lowest BCUT2D eigenvalue weighted by molar-refractivity contribution is -0.141. The van der Waals surface area contributed by atoms with Gasteiger partial charge in [0.2, 0.25) is 0 Å². The molecule has 0 radical (unpaired) electrons. The average Bonchev–Trinajstić information content (AvgIpc) is 1.98. The highest BCUT2D eigenvalue weighted by atomic mass is 16.7. The minimum atomic E-state index is -0.539. The molecule has 0 aliphatic rings. The van der Waals surface area contributed by atoms with Crippen LogP contribution in [-0.2, 0) is 19.2 Å². The third-order valence-electron chi connectivity index (χ3n) is 1.23. The Balaban J connectivity index is 3.98. The second kappa shape index (κ2) is 6.01. The average molecular weight is 199 g/mol. The second-order valence-electron chi connectivity index (χ2n) is 3.00. The molecule has 5 nitrogen and oxygen atoms in total. The Kier molecular flexibility index (Phi) is 5.36. The lowest BCUT2D eigenvalue weighted by Crippen LogP contribution is -2.09. The highest BCUT2D eigenvalue weighted by Crippen LogP contribution is 1.95. The molecule has 0 bridgehead atoms. The highest BCUT2D eigenvalue weighted by molar-refractivity contribution is 6.07. The van der Waals surface area contributed by atoms with Crippen LogP contribution in [0.1, 0.15) is 33.6 Å². The van der Waals surface area contributed by atoms with Crippen molar-refractivity contribution in [2.24, 2.45) is 5.16 Å². The highest BCUT2D eigenvalue weighted by Gasteiger charge is 2.07. The molecule has 0 aromatic carbocycles. The first-order valence-corrected chi connectivity index (χ1v) is 4.14. The fourth-order valence-electron chi connectivity index (χ4n) is 0.800. The molecule has 14 heavy (non-hydrogen) atoms. The summed E-state index contributed by atoms with van der Waals surface area (Å²) in [5.41, 5.74) is 0.381. The summed E-state index contributed by atoms with van der Waals surface area (Å²) in [7, 11) is 0. The van der Waals surface area contributed by atoms with Crippen molar-refractivity contribution in [3.05, 3.63) is 0 Å². The summed E-state index contributed by atoms with van der Waals surface area (Å²) >= 11 is 0. The van der Waals surface area contributed by atoms with E-state index < -0.39 is 5.97 Å². The number of oxime groups is 1. The van der Waals surface area contributed by atoms with E-state index in [1.54, 1.807) is 6.92 Å². The molecule has 0 heterocycles. The van der Waals surface area contributed by atoms with Crippen LogP contribution in [0.4, 0.5) is 0 Å². The number of carbonyl (C=O) groups excluding carboxylic acids is 3. The molecule has 0 saturated carbocycles. The fourth-order valence-corrected chi connectivity index (χ4v) is 0.800. The van der Waals surface area contributed by atoms with Crippen molar-refractivity contribution >= 4 is 23.2 Å². The van der Waals surface area contributed by atoms with Crippen molar-refractivity contribution in [1.82, 2.24) is 0 Å². The Hall–Kier alpha value is -1.52. The second-order valence-corrected chi connectivity index (χ2v) is 3.00. The Labute approximate surface area is 82.1 Å². The number of Topliss-reactive ketones (excluding diaryl/α,β-unsaturated/α-hetero) is 2. The Bertz CT molecular complexity index is 281. The molecule has 0 atom stereocenters. The number of hydrogen-bond donors (Lipinski definition) is 0. The maximum absolute atomic E-state index is 11.1. The van der Waals surface area contributed by atoms with E-state index in [0.717, 1.165) is 0 Å². The van der Waals surface area contributed by atoms with Gasteiger partial charge in [0.15, 0.2) is 0 Å². The van der Waals surface area contributed by atoms with E-state index in [1.807, 2.05) is 0 Å². The van der Waals surface area contributed by atoms with Crippen molar-refractivity contribution in [1.29, 1.82) is 0 Å². The van der Waals surface area contributed by atoms with E-state index >= 15 is 0 Å². The summed E-state index contributed by atoms with van der Waals surface area (Å²) in [4.78, 5) is 36.3. The summed E-state index contributed by atoms with van der Waals surface area (Å²) in [6.45, 7) is 4.12. The molecule has 0 aromatic rings. The van der Waals surface area contributed by atoms with E-state index in [2.05, 4.69) is 9.99 Å². The normalized spacial score (nSPS) is 10.9. The maximum Gasteiger partial charge on any atom is 0.331 e. The first-order valence-electron chi connectivity index (χ1n) is 4.14. The van der Waals surface area contributed by atoms with Gasteiger partial charge in [0, 0.05) is 13.3 Å².